The lowest BCUT2D eigenvalue weighted by molar-refractivity contribution is 0.258. The van der Waals surface area contributed by atoms with Crippen LogP contribution in [0.3, 0.4) is 0 Å². The molecule has 0 fully saturated rings. The van der Waals surface area contributed by atoms with Crippen LogP contribution < -0.4 is 5.73 Å². The molecule has 0 aromatic heterocycles. The largest absolute Gasteiger partial charge is 0.395 e. The van der Waals surface area contributed by atoms with Gasteiger partial charge in [0, 0.05) is 20.9 Å². The van der Waals surface area contributed by atoms with Crippen LogP contribution in [0, 0.1) is 0 Å². The topological polar surface area (TPSA) is 46.2 Å². The Hall–Kier alpha value is -1.49. The fraction of sp³-hybridized carbons (Fsp3) is 0.217. The first kappa shape index (κ1) is 22.8. The molecule has 0 aliphatic heterocycles. The van der Waals surface area contributed by atoms with E-state index in [1.165, 1.54) is 16.0 Å². The van der Waals surface area contributed by atoms with Gasteiger partial charge >= 0.3 is 0 Å². The van der Waals surface area contributed by atoms with Gasteiger partial charge in [-0.05, 0) is 60.2 Å². The lowest BCUT2D eigenvalue weighted by Crippen LogP contribution is -2.24. The Morgan fingerprint density at radius 1 is 0.893 bits per heavy atom. The van der Waals surface area contributed by atoms with E-state index in [1.54, 1.807) is 11.8 Å². The second kappa shape index (κ2) is 11.5. The second-order valence-corrected chi connectivity index (χ2v) is 8.13. The Morgan fingerprint density at radius 3 is 2.18 bits per heavy atom. The number of benzene rings is 3. The van der Waals surface area contributed by atoms with E-state index in [9.17, 15) is 0 Å². The molecule has 1 unspecified atom stereocenters. The number of halogens is 2. The fourth-order valence-electron chi connectivity index (χ4n) is 2.92. The molecule has 3 aromatic carbocycles. The zero-order chi connectivity index (χ0) is 19.1. The first-order valence-corrected chi connectivity index (χ1v) is 10.3. The molecule has 3 rings (SSSR count). The summed E-state index contributed by atoms with van der Waals surface area (Å²) in [5.41, 5.74) is 9.32. The number of hydrogen-bond acceptors (Lipinski definition) is 3. The van der Waals surface area contributed by atoms with E-state index >= 15 is 0 Å². The van der Waals surface area contributed by atoms with Crippen LogP contribution in [0.2, 0.25) is 5.02 Å². The molecule has 0 saturated heterocycles. The number of rotatable bonds is 8. The third-order valence-corrected chi connectivity index (χ3v) is 5.83. The zero-order valence-electron chi connectivity index (χ0n) is 15.6. The average Bonchev–Trinajstić information content (AvgIpc) is 2.70. The van der Waals surface area contributed by atoms with Gasteiger partial charge in [0.05, 0.1) is 6.61 Å². The van der Waals surface area contributed by atoms with E-state index in [0.29, 0.717) is 0 Å². The molecule has 0 bridgehead atoms. The summed E-state index contributed by atoms with van der Waals surface area (Å²) in [4.78, 5) is 2.32. The molecule has 0 aliphatic rings. The first-order valence-electron chi connectivity index (χ1n) is 9.14. The standard InChI is InChI=1S/C23H24ClNOS.ClH/c24-23-15-22(14-11-19(23)7-4-8-20(25)16-26)27-21-12-9-18(10-13-21)17-5-2-1-3-6-17;/h1-3,5-6,9-15,20,26H,4,7-8,16,25H2;1H. The molecule has 3 aromatic rings. The monoisotopic (exact) mass is 433 g/mol. The van der Waals surface area contributed by atoms with Crippen molar-refractivity contribution >= 4 is 35.8 Å². The van der Waals surface area contributed by atoms with Crippen molar-refractivity contribution in [1.82, 2.24) is 0 Å². The van der Waals surface area contributed by atoms with Crippen LogP contribution >= 0.6 is 35.8 Å². The van der Waals surface area contributed by atoms with Crippen molar-refractivity contribution < 1.29 is 5.11 Å². The molecule has 0 radical (unpaired) electrons. The lowest BCUT2D eigenvalue weighted by Gasteiger charge is -2.10. The molecule has 0 heterocycles. The Morgan fingerprint density at radius 2 is 1.54 bits per heavy atom. The summed E-state index contributed by atoms with van der Waals surface area (Å²) in [6.45, 7) is 0.0341. The molecule has 0 aliphatic carbocycles. The van der Waals surface area contributed by atoms with Crippen molar-refractivity contribution in [3.8, 4) is 11.1 Å². The number of hydrogen-bond donors (Lipinski definition) is 2. The normalized spacial score (nSPS) is 11.7. The molecule has 0 amide bonds. The summed E-state index contributed by atoms with van der Waals surface area (Å²) in [6, 6.07) is 25.1. The number of aryl methyl sites for hydroxylation is 1. The smallest absolute Gasteiger partial charge is 0.0582 e. The summed E-state index contributed by atoms with van der Waals surface area (Å²) < 4.78 is 0. The summed E-state index contributed by atoms with van der Waals surface area (Å²) >= 11 is 8.17. The van der Waals surface area contributed by atoms with Crippen molar-refractivity contribution in [2.75, 3.05) is 6.61 Å². The Kier molecular flexibility index (Phi) is 9.36. The van der Waals surface area contributed by atoms with E-state index in [2.05, 4.69) is 60.7 Å². The Labute approximate surface area is 182 Å². The van der Waals surface area contributed by atoms with Gasteiger partial charge in [-0.3, -0.25) is 0 Å². The predicted octanol–water partition coefficient (Wildman–Crippen LogP) is 6.22. The molecular formula is C23H25Cl2NOS. The minimum absolute atomic E-state index is 0. The summed E-state index contributed by atoms with van der Waals surface area (Å²) in [5, 5.41) is 9.78. The quantitative estimate of drug-likeness (QED) is 0.442. The highest BCUT2D eigenvalue weighted by atomic mass is 35.5. The SMILES string of the molecule is Cl.NC(CO)CCCc1ccc(Sc2ccc(-c3ccccc3)cc2)cc1Cl. The van der Waals surface area contributed by atoms with Crippen LogP contribution in [0.5, 0.6) is 0 Å². The van der Waals surface area contributed by atoms with Gasteiger partial charge in [-0.25, -0.2) is 0 Å². The maximum absolute atomic E-state index is 8.99. The van der Waals surface area contributed by atoms with E-state index in [-0.39, 0.29) is 25.1 Å². The van der Waals surface area contributed by atoms with Gasteiger partial charge in [0.25, 0.3) is 0 Å². The molecule has 148 valence electrons. The molecule has 0 saturated carbocycles. The van der Waals surface area contributed by atoms with Crippen LogP contribution in [0.1, 0.15) is 18.4 Å². The number of aliphatic hydroxyl groups excluding tert-OH is 1. The van der Waals surface area contributed by atoms with E-state index < -0.39 is 0 Å². The van der Waals surface area contributed by atoms with Gasteiger partial charge in [0.1, 0.15) is 0 Å². The van der Waals surface area contributed by atoms with Gasteiger partial charge in [-0.15, -0.1) is 12.4 Å². The minimum atomic E-state index is -0.141. The third kappa shape index (κ3) is 6.54. The highest BCUT2D eigenvalue weighted by Gasteiger charge is 2.06. The molecule has 3 N–H and O–H groups in total. The van der Waals surface area contributed by atoms with Gasteiger partial charge in [0.2, 0.25) is 0 Å². The van der Waals surface area contributed by atoms with Gasteiger partial charge in [-0.2, -0.15) is 0 Å². The summed E-state index contributed by atoms with van der Waals surface area (Å²) in [6.07, 6.45) is 2.61. The average molecular weight is 434 g/mol. The first-order chi connectivity index (χ1) is 13.2. The van der Waals surface area contributed by atoms with Crippen molar-refractivity contribution in [1.29, 1.82) is 0 Å². The van der Waals surface area contributed by atoms with Crippen molar-refractivity contribution in [3.63, 3.8) is 0 Å². The van der Waals surface area contributed by atoms with E-state index in [0.717, 1.165) is 34.7 Å². The van der Waals surface area contributed by atoms with Crippen LogP contribution in [0.4, 0.5) is 0 Å². The van der Waals surface area contributed by atoms with Crippen molar-refractivity contribution in [2.45, 2.75) is 35.1 Å². The molecule has 5 heteroatoms. The van der Waals surface area contributed by atoms with Crippen LogP contribution in [-0.2, 0) is 6.42 Å². The molecule has 0 spiro atoms. The van der Waals surface area contributed by atoms with Gasteiger partial charge in [-0.1, -0.05) is 71.9 Å². The fourth-order valence-corrected chi connectivity index (χ4v) is 4.12. The predicted molar refractivity (Wildman–Crippen MR) is 123 cm³/mol. The summed E-state index contributed by atoms with van der Waals surface area (Å²) in [7, 11) is 0. The second-order valence-electron chi connectivity index (χ2n) is 6.58. The minimum Gasteiger partial charge on any atom is -0.395 e. The maximum atomic E-state index is 8.99. The van der Waals surface area contributed by atoms with Crippen molar-refractivity contribution in [3.05, 3.63) is 83.4 Å². The van der Waals surface area contributed by atoms with Crippen molar-refractivity contribution in [2.24, 2.45) is 5.73 Å². The number of nitrogens with two attached hydrogens (primary N) is 1. The molecule has 28 heavy (non-hydrogen) atoms. The van der Waals surface area contributed by atoms with Crippen LogP contribution in [-0.4, -0.2) is 17.8 Å². The van der Waals surface area contributed by atoms with E-state index in [4.69, 9.17) is 22.4 Å². The third-order valence-electron chi connectivity index (χ3n) is 4.48. The van der Waals surface area contributed by atoms with Gasteiger partial charge < -0.3 is 10.8 Å². The zero-order valence-corrected chi connectivity index (χ0v) is 17.9. The highest BCUT2D eigenvalue weighted by Crippen LogP contribution is 2.32. The van der Waals surface area contributed by atoms with Crippen LogP contribution in [0.15, 0.2) is 82.6 Å². The van der Waals surface area contributed by atoms with Crippen LogP contribution in [0.25, 0.3) is 11.1 Å². The molecular weight excluding hydrogens is 409 g/mol. The maximum Gasteiger partial charge on any atom is 0.0582 e. The Bertz CT molecular complexity index is 856. The highest BCUT2D eigenvalue weighted by molar-refractivity contribution is 7.99. The lowest BCUT2D eigenvalue weighted by atomic mass is 10.1. The Balaban J connectivity index is 0.00000280. The van der Waals surface area contributed by atoms with E-state index in [1.807, 2.05) is 12.1 Å². The molecule has 1 atom stereocenters. The molecule has 2 nitrogen and oxygen atoms in total. The summed E-state index contributed by atoms with van der Waals surface area (Å²) in [5.74, 6) is 0. The van der Waals surface area contributed by atoms with Gasteiger partial charge in [0.15, 0.2) is 0 Å². The number of aliphatic hydroxyl groups is 1.